The van der Waals surface area contributed by atoms with Crippen LogP contribution >= 0.6 is 0 Å². The Morgan fingerprint density at radius 2 is 1.70 bits per heavy atom. The minimum absolute atomic E-state index is 0.0818. The average Bonchev–Trinajstić information content (AvgIpc) is 3.43. The number of carbonyl (C=O) groups excluding carboxylic acids is 2. The fourth-order valence-corrected chi connectivity index (χ4v) is 6.00. The summed E-state index contributed by atoms with van der Waals surface area (Å²) in [4.78, 5) is 40.2. The van der Waals surface area contributed by atoms with Crippen molar-refractivity contribution in [1.29, 1.82) is 0 Å². The zero-order valence-corrected chi connectivity index (χ0v) is 25.3. The number of amides is 2. The molecule has 2 heterocycles. The first kappa shape index (κ1) is 30.2. The Hall–Kier alpha value is -4.31. The second kappa shape index (κ2) is 12.1. The molecule has 1 aliphatic carbocycles. The van der Waals surface area contributed by atoms with Gasteiger partial charge in [-0.05, 0) is 62.4 Å². The highest BCUT2D eigenvalue weighted by Gasteiger charge is 2.38. The van der Waals surface area contributed by atoms with Crippen molar-refractivity contribution in [2.24, 2.45) is 7.05 Å². The molecule has 0 radical (unpaired) electrons. The lowest BCUT2D eigenvalue weighted by Gasteiger charge is -2.39. The maximum atomic E-state index is 14.0. The number of hydrogen-bond donors (Lipinski definition) is 2. The van der Waals surface area contributed by atoms with Crippen molar-refractivity contribution in [1.82, 2.24) is 14.8 Å². The zero-order valence-electron chi connectivity index (χ0n) is 25.3. The number of nitrogens with one attached hydrogen (secondary N) is 1. The number of rotatable bonds is 7. The first-order valence-corrected chi connectivity index (χ1v) is 14.5. The van der Waals surface area contributed by atoms with Gasteiger partial charge in [-0.2, -0.15) is 0 Å². The fraction of sp³-hybridized carbons (Fsp3) is 0.424. The number of alkyl carbamates (subject to hydrolysis) is 1. The lowest BCUT2D eigenvalue weighted by atomic mass is 9.98. The number of nitrogens with zero attached hydrogens (tertiary/aromatic N) is 2. The summed E-state index contributed by atoms with van der Waals surface area (Å²) in [5.41, 5.74) is 5.13. The molecule has 1 saturated heterocycles. The van der Waals surface area contributed by atoms with Crippen LogP contribution in [0.2, 0.25) is 0 Å². The molecule has 2 N–H and O–H groups in total. The first-order valence-electron chi connectivity index (χ1n) is 14.5. The molecule has 228 valence electrons. The van der Waals surface area contributed by atoms with Crippen molar-refractivity contribution in [2.45, 2.75) is 64.3 Å². The fourth-order valence-electron chi connectivity index (χ4n) is 6.00. The van der Waals surface area contributed by atoms with E-state index in [1.54, 1.807) is 50.3 Å². The minimum atomic E-state index is -1.04. The molecule has 1 aliphatic heterocycles. The van der Waals surface area contributed by atoms with Gasteiger partial charge in [0.15, 0.2) is 0 Å². The lowest BCUT2D eigenvalue weighted by Crippen LogP contribution is -2.58. The van der Waals surface area contributed by atoms with Crippen LogP contribution in [0.4, 0.5) is 9.59 Å². The summed E-state index contributed by atoms with van der Waals surface area (Å²) in [6.45, 7) is 7.85. The van der Waals surface area contributed by atoms with Gasteiger partial charge in [0.05, 0.1) is 30.8 Å². The summed E-state index contributed by atoms with van der Waals surface area (Å²) < 4.78 is 19.0. The molecule has 2 aromatic carbocycles. The summed E-state index contributed by atoms with van der Waals surface area (Å²) in [5.74, 6) is -1.16. The highest BCUT2D eigenvalue weighted by molar-refractivity contribution is 5.89. The van der Waals surface area contributed by atoms with Crippen molar-refractivity contribution in [3.05, 3.63) is 82.7 Å². The molecule has 43 heavy (non-hydrogen) atoms. The maximum Gasteiger partial charge on any atom is 0.410 e. The molecule has 2 amide bonds. The molecule has 1 fully saturated rings. The number of carbonyl (C=O) groups is 3. The highest BCUT2D eigenvalue weighted by Crippen LogP contribution is 2.44. The van der Waals surface area contributed by atoms with E-state index in [2.05, 4.69) is 29.6 Å². The molecule has 0 unspecified atom stereocenters. The van der Waals surface area contributed by atoms with Gasteiger partial charge in [0.25, 0.3) is 0 Å². The van der Waals surface area contributed by atoms with Crippen LogP contribution in [0, 0.1) is 6.92 Å². The number of ether oxygens (including phenoxy) is 3. The molecular formula is C33H39N3O7. The smallest absolute Gasteiger partial charge is 0.410 e. The molecule has 10 nitrogen and oxygen atoms in total. The number of benzene rings is 2. The Balaban J connectivity index is 1.43. The SMILES string of the molecule is Cc1c(C(=O)O)cc(CN(C(=O)OCC2c3ccccc3-c3ccccc32)[C@H]2CCOC[C@H]2NC(=O)OC(C)(C)C)n1C. The van der Waals surface area contributed by atoms with E-state index in [-0.39, 0.29) is 31.2 Å². The second-order valence-corrected chi connectivity index (χ2v) is 12.1. The van der Waals surface area contributed by atoms with E-state index in [0.717, 1.165) is 22.3 Å². The summed E-state index contributed by atoms with van der Waals surface area (Å²) >= 11 is 0. The van der Waals surface area contributed by atoms with Crippen molar-refractivity contribution in [3.8, 4) is 11.1 Å². The Kier molecular flexibility index (Phi) is 8.50. The van der Waals surface area contributed by atoms with Crippen molar-refractivity contribution in [2.75, 3.05) is 19.8 Å². The van der Waals surface area contributed by atoms with Gasteiger partial charge in [-0.15, -0.1) is 0 Å². The minimum Gasteiger partial charge on any atom is -0.478 e. The summed E-state index contributed by atoms with van der Waals surface area (Å²) in [5, 5.41) is 12.6. The van der Waals surface area contributed by atoms with Gasteiger partial charge in [-0.1, -0.05) is 48.5 Å². The van der Waals surface area contributed by atoms with Crippen LogP contribution in [-0.4, -0.2) is 70.2 Å². The summed E-state index contributed by atoms with van der Waals surface area (Å²) in [6, 6.07) is 16.8. The highest BCUT2D eigenvalue weighted by atomic mass is 16.6. The van der Waals surface area contributed by atoms with Gasteiger partial charge in [0.1, 0.15) is 12.2 Å². The Morgan fingerprint density at radius 3 is 2.28 bits per heavy atom. The lowest BCUT2D eigenvalue weighted by molar-refractivity contribution is -0.00750. The second-order valence-electron chi connectivity index (χ2n) is 12.1. The number of hydrogen-bond acceptors (Lipinski definition) is 6. The van der Waals surface area contributed by atoms with Crippen LogP contribution in [0.15, 0.2) is 54.6 Å². The molecule has 3 aromatic rings. The van der Waals surface area contributed by atoms with Gasteiger partial charge in [0, 0.05) is 31.0 Å². The van der Waals surface area contributed by atoms with Crippen molar-refractivity contribution >= 4 is 18.2 Å². The molecular weight excluding hydrogens is 550 g/mol. The van der Waals surface area contributed by atoms with Crippen molar-refractivity contribution in [3.63, 3.8) is 0 Å². The Labute approximate surface area is 251 Å². The normalized spacial score (nSPS) is 18.0. The van der Waals surface area contributed by atoms with E-state index in [1.165, 1.54) is 0 Å². The van der Waals surface area contributed by atoms with Gasteiger partial charge in [-0.3, -0.25) is 4.90 Å². The van der Waals surface area contributed by atoms with Crippen LogP contribution < -0.4 is 5.32 Å². The predicted octanol–water partition coefficient (Wildman–Crippen LogP) is 5.47. The van der Waals surface area contributed by atoms with Crippen LogP contribution in [0.25, 0.3) is 11.1 Å². The van der Waals surface area contributed by atoms with Crippen LogP contribution in [0.3, 0.4) is 0 Å². The number of carboxylic acids is 1. The summed E-state index contributed by atoms with van der Waals surface area (Å²) in [7, 11) is 1.77. The van der Waals surface area contributed by atoms with Gasteiger partial charge >= 0.3 is 18.2 Å². The average molecular weight is 590 g/mol. The molecule has 2 aliphatic rings. The van der Waals surface area contributed by atoms with Crippen LogP contribution in [0.5, 0.6) is 0 Å². The monoisotopic (exact) mass is 589 g/mol. The first-order chi connectivity index (χ1) is 20.4. The van der Waals surface area contributed by atoms with Gasteiger partial charge in [-0.25, -0.2) is 14.4 Å². The number of carboxylic acid groups (broad SMARTS) is 1. The topological polar surface area (TPSA) is 119 Å². The van der Waals surface area contributed by atoms with Crippen LogP contribution in [0.1, 0.15) is 66.0 Å². The Morgan fingerprint density at radius 1 is 1.07 bits per heavy atom. The zero-order chi connectivity index (χ0) is 30.9. The van der Waals surface area contributed by atoms with Gasteiger partial charge in [0.2, 0.25) is 0 Å². The molecule has 0 saturated carbocycles. The standard InChI is InChI=1S/C33H39N3O7/c1-20-26(30(37)38)16-21(35(20)5)17-36(29-14-15-41-19-28(29)34-31(39)43-33(2,3)4)32(40)42-18-27-24-12-8-6-10-22(24)23-11-7-9-13-25(23)27/h6-13,16,27-29H,14-15,17-19H2,1-5H3,(H,34,39)(H,37,38)/t28-,29+/m1/s1. The van der Waals surface area contributed by atoms with Crippen LogP contribution in [-0.2, 0) is 27.8 Å². The van der Waals surface area contributed by atoms with E-state index in [0.29, 0.717) is 24.4 Å². The summed E-state index contributed by atoms with van der Waals surface area (Å²) in [6.07, 6.45) is -0.719. The third-order valence-corrected chi connectivity index (χ3v) is 8.19. The Bertz CT molecular complexity index is 1480. The maximum absolute atomic E-state index is 14.0. The van der Waals surface area contributed by atoms with E-state index >= 15 is 0 Å². The number of aromatic nitrogens is 1. The predicted molar refractivity (Wildman–Crippen MR) is 160 cm³/mol. The van der Waals surface area contributed by atoms with E-state index in [1.807, 2.05) is 24.3 Å². The molecule has 10 heteroatoms. The largest absolute Gasteiger partial charge is 0.478 e. The van der Waals surface area contributed by atoms with E-state index in [4.69, 9.17) is 14.2 Å². The number of aromatic carboxylic acids is 1. The third kappa shape index (κ3) is 6.39. The van der Waals surface area contributed by atoms with Gasteiger partial charge < -0.3 is 29.2 Å². The molecule has 2 atom stereocenters. The third-order valence-electron chi connectivity index (χ3n) is 8.19. The molecule has 1 aromatic heterocycles. The molecule has 5 rings (SSSR count). The van der Waals surface area contributed by atoms with Crippen molar-refractivity contribution < 1.29 is 33.7 Å². The quantitative estimate of drug-likeness (QED) is 0.375. The molecule has 0 spiro atoms. The van der Waals surface area contributed by atoms with E-state index in [9.17, 15) is 19.5 Å². The number of fused-ring (bicyclic) bond motifs is 3. The molecule has 0 bridgehead atoms. The van der Waals surface area contributed by atoms with E-state index < -0.39 is 35.8 Å².